The molecule has 2 aliphatic rings. The van der Waals surface area contributed by atoms with Crippen LogP contribution < -0.4 is 11.1 Å². The highest BCUT2D eigenvalue weighted by Crippen LogP contribution is 3.02. The van der Waals surface area contributed by atoms with Crippen LogP contribution in [0, 0.1) is 23.6 Å². The minimum absolute atomic E-state index is 0. The van der Waals surface area contributed by atoms with E-state index in [0.717, 1.165) is 25.3 Å². The number of halogens is 7. The number of hydrogen-bond donors (Lipinski definition) is 2. The molecule has 2 bridgehead atoms. The van der Waals surface area contributed by atoms with Crippen LogP contribution in [0.4, 0.5) is 29.5 Å². The molecule has 0 heterocycles. The number of benzene rings is 1. The van der Waals surface area contributed by atoms with E-state index in [4.69, 9.17) is 5.73 Å². The van der Waals surface area contributed by atoms with E-state index in [9.17, 15) is 28.6 Å². The van der Waals surface area contributed by atoms with Crippen molar-refractivity contribution >= 4 is 34.2 Å². The molecule has 11 heteroatoms. The van der Waals surface area contributed by atoms with Crippen LogP contribution in [0.25, 0.3) is 0 Å². The average Bonchev–Trinajstić information content (AvgIpc) is 2.98. The van der Waals surface area contributed by atoms with Crippen molar-refractivity contribution in [2.45, 2.75) is 30.2 Å². The maximum atomic E-state index is 13.3. The molecule has 1 aromatic rings. The largest absolute Gasteiger partial charge is 0.327 e. The molecule has 1 aromatic carbocycles. The van der Waals surface area contributed by atoms with E-state index in [2.05, 4.69) is 5.32 Å². The highest BCUT2D eigenvalue weighted by atomic mass is 35.5. The number of rotatable bonds is 3. The minimum Gasteiger partial charge on any atom is -0.327 e. The van der Waals surface area contributed by atoms with Gasteiger partial charge in [-0.1, -0.05) is 19.4 Å². The zero-order valence-corrected chi connectivity index (χ0v) is 14.4. The Morgan fingerprint density at radius 3 is 2.24 bits per heavy atom. The van der Waals surface area contributed by atoms with E-state index in [1.165, 1.54) is 0 Å². The van der Waals surface area contributed by atoms with Gasteiger partial charge < -0.3 is 11.1 Å². The second kappa shape index (κ2) is 5.43. The molecular formula is C14H17ClF6N2OS. The van der Waals surface area contributed by atoms with Gasteiger partial charge in [0.15, 0.2) is 0 Å². The van der Waals surface area contributed by atoms with Crippen LogP contribution in [0.3, 0.4) is 0 Å². The Kier molecular flexibility index (Phi) is 4.39. The fraction of sp³-hybridized carbons (Fsp3) is 0.500. The maximum absolute atomic E-state index is 13.3. The van der Waals surface area contributed by atoms with E-state index < -0.39 is 44.5 Å². The normalized spacial score (nSPS) is 31.0. The average molecular weight is 411 g/mol. The number of anilines is 1. The predicted molar refractivity (Wildman–Crippen MR) is 86.0 cm³/mol. The number of carbonyl (C=O) groups excluding carboxylic acids is 1. The van der Waals surface area contributed by atoms with Gasteiger partial charge in [-0.2, -0.15) is 0 Å². The number of nitrogens with one attached hydrogen (secondary N) is 1. The summed E-state index contributed by atoms with van der Waals surface area (Å²) in [6.45, 7) is 0. The van der Waals surface area contributed by atoms with Gasteiger partial charge in [-0.3, -0.25) is 4.79 Å². The van der Waals surface area contributed by atoms with E-state index in [0.29, 0.717) is 0 Å². The van der Waals surface area contributed by atoms with Crippen LogP contribution in [0.15, 0.2) is 23.1 Å². The summed E-state index contributed by atoms with van der Waals surface area (Å²) in [5, 5.41) is 2.17. The quantitative estimate of drug-likeness (QED) is 0.671. The number of nitrogens with two attached hydrogens (primary N) is 1. The molecule has 0 aromatic heterocycles. The first-order valence-electron chi connectivity index (χ1n) is 7.36. The molecule has 1 amide bonds. The molecule has 144 valence electrons. The molecule has 0 unspecified atom stereocenters. The maximum Gasteiger partial charge on any atom is 0.313 e. The lowest BCUT2D eigenvalue weighted by molar-refractivity contribution is -0.121. The zero-order chi connectivity index (χ0) is 18.0. The number of fused-ring (bicyclic) bond motifs is 2. The highest BCUT2D eigenvalue weighted by Gasteiger charge is 2.67. The summed E-state index contributed by atoms with van der Waals surface area (Å²) in [5.74, 6) is -3.03. The van der Waals surface area contributed by atoms with Gasteiger partial charge in [0.2, 0.25) is 5.91 Å². The van der Waals surface area contributed by atoms with Crippen LogP contribution in [0.1, 0.15) is 19.3 Å². The third kappa shape index (κ3) is 3.85. The lowest BCUT2D eigenvalue weighted by atomic mass is 9.84. The molecule has 0 spiro atoms. The summed E-state index contributed by atoms with van der Waals surface area (Å²) in [6, 6.07) is 0.620. The van der Waals surface area contributed by atoms with Gasteiger partial charge in [-0.25, -0.2) is 4.39 Å². The van der Waals surface area contributed by atoms with Crippen LogP contribution in [0.2, 0.25) is 0 Å². The Labute approximate surface area is 146 Å². The van der Waals surface area contributed by atoms with Crippen molar-refractivity contribution in [2.24, 2.45) is 23.5 Å². The SMILES string of the molecule is Cl.N[C@@H]1[C@H]2CC[C@H](C2)[C@@H]1C(=O)Nc1ccc(F)c(S(F)(F)(F)(F)F)c1. The molecule has 2 fully saturated rings. The molecule has 0 saturated heterocycles. The molecular weight excluding hydrogens is 394 g/mol. The summed E-state index contributed by atoms with van der Waals surface area (Å²) < 4.78 is 77.5. The first-order valence-corrected chi connectivity index (χ1v) is 9.31. The van der Waals surface area contributed by atoms with Crippen molar-refractivity contribution < 1.29 is 28.6 Å². The highest BCUT2D eigenvalue weighted by molar-refractivity contribution is 8.45. The summed E-state index contributed by atoms with van der Waals surface area (Å²) in [6.07, 6.45) is 2.48. The number of amides is 1. The minimum atomic E-state index is -10.2. The van der Waals surface area contributed by atoms with E-state index in [1.807, 2.05) is 0 Å². The Hall–Kier alpha value is -1.13. The van der Waals surface area contributed by atoms with Crippen molar-refractivity contribution in [3.8, 4) is 0 Å². The van der Waals surface area contributed by atoms with Crippen LogP contribution in [-0.2, 0) is 4.79 Å². The van der Waals surface area contributed by atoms with Crippen molar-refractivity contribution in [2.75, 3.05) is 5.32 Å². The fourth-order valence-corrected chi connectivity index (χ4v) is 4.61. The standard InChI is InChI=1S/C14H16F6N2OS.ClH/c15-10-4-3-9(6-11(10)24(16,17,18,19)20)22-14(23)12-7-1-2-8(5-7)13(12)21;/h3-4,6-8,12-13H,1-2,5,21H2,(H,22,23);1H/t7-,8+,12+,13-;/m1./s1. The third-order valence-electron chi connectivity index (χ3n) is 4.90. The second-order valence-electron chi connectivity index (χ2n) is 6.54. The lowest BCUT2D eigenvalue weighted by Crippen LogP contribution is -2.42. The zero-order valence-electron chi connectivity index (χ0n) is 12.7. The second-order valence-corrected chi connectivity index (χ2v) is 8.92. The van der Waals surface area contributed by atoms with Gasteiger partial charge in [0, 0.05) is 11.7 Å². The smallest absolute Gasteiger partial charge is 0.313 e. The van der Waals surface area contributed by atoms with E-state index >= 15 is 0 Å². The lowest BCUT2D eigenvalue weighted by Gasteiger charge is -2.40. The van der Waals surface area contributed by atoms with Crippen LogP contribution in [-0.4, -0.2) is 11.9 Å². The van der Waals surface area contributed by atoms with Gasteiger partial charge >= 0.3 is 10.2 Å². The summed E-state index contributed by atoms with van der Waals surface area (Å²) in [7, 11) is -10.2. The molecule has 0 aliphatic heterocycles. The molecule has 4 atom stereocenters. The molecule has 3 N–H and O–H groups in total. The molecule has 3 nitrogen and oxygen atoms in total. The number of hydrogen-bond acceptors (Lipinski definition) is 2. The van der Waals surface area contributed by atoms with Gasteiger partial charge in [0.1, 0.15) is 10.7 Å². The summed E-state index contributed by atoms with van der Waals surface area (Å²) >= 11 is 0. The summed E-state index contributed by atoms with van der Waals surface area (Å²) in [4.78, 5) is 9.64. The molecule has 0 radical (unpaired) electrons. The monoisotopic (exact) mass is 410 g/mol. The van der Waals surface area contributed by atoms with E-state index in [-0.39, 0.29) is 36.4 Å². The first-order chi connectivity index (χ1) is 10.8. The van der Waals surface area contributed by atoms with Crippen molar-refractivity contribution in [3.05, 3.63) is 24.0 Å². The van der Waals surface area contributed by atoms with E-state index in [1.54, 1.807) is 0 Å². The van der Waals surface area contributed by atoms with Crippen molar-refractivity contribution in [3.63, 3.8) is 0 Å². The Bertz CT molecular complexity index is 711. The van der Waals surface area contributed by atoms with Gasteiger partial charge in [-0.15, -0.1) is 12.4 Å². The fourth-order valence-electron chi connectivity index (χ4n) is 3.83. The molecule has 2 aliphatic carbocycles. The Morgan fingerprint density at radius 1 is 1.12 bits per heavy atom. The molecule has 25 heavy (non-hydrogen) atoms. The molecule has 3 rings (SSSR count). The summed E-state index contributed by atoms with van der Waals surface area (Å²) in [5.41, 5.74) is 5.44. The van der Waals surface area contributed by atoms with Crippen molar-refractivity contribution in [1.82, 2.24) is 0 Å². The third-order valence-corrected chi connectivity index (χ3v) is 6.04. The van der Waals surface area contributed by atoms with Crippen LogP contribution in [0.5, 0.6) is 0 Å². The predicted octanol–water partition coefficient (Wildman–Crippen LogP) is 5.22. The van der Waals surface area contributed by atoms with Crippen molar-refractivity contribution in [1.29, 1.82) is 0 Å². The molecule has 2 saturated carbocycles. The Balaban J connectivity index is 0.00000225. The van der Waals surface area contributed by atoms with Crippen LogP contribution >= 0.6 is 22.6 Å². The first kappa shape index (κ1) is 20.2. The van der Waals surface area contributed by atoms with Gasteiger partial charge in [-0.05, 0) is 49.3 Å². The number of carbonyl (C=O) groups is 1. The van der Waals surface area contributed by atoms with Gasteiger partial charge in [0.25, 0.3) is 0 Å². The topological polar surface area (TPSA) is 55.1 Å². The van der Waals surface area contributed by atoms with Gasteiger partial charge in [0.05, 0.1) is 5.92 Å². The Morgan fingerprint density at radius 2 is 1.72 bits per heavy atom.